The van der Waals surface area contributed by atoms with Gasteiger partial charge in [0.15, 0.2) is 0 Å². The SMILES string of the molecule is Cc1ccc(CC(C)NC(C)c2ccccc2)s1. The molecule has 0 amide bonds. The van der Waals surface area contributed by atoms with E-state index in [4.69, 9.17) is 0 Å². The molecule has 0 fully saturated rings. The molecule has 96 valence electrons. The Morgan fingerprint density at radius 3 is 2.39 bits per heavy atom. The first kappa shape index (κ1) is 13.3. The fourth-order valence-electron chi connectivity index (χ4n) is 2.22. The van der Waals surface area contributed by atoms with E-state index < -0.39 is 0 Å². The predicted octanol–water partition coefficient (Wildman–Crippen LogP) is 4.34. The molecule has 2 aromatic rings. The third-order valence-electron chi connectivity index (χ3n) is 3.14. The van der Waals surface area contributed by atoms with Crippen LogP contribution in [-0.4, -0.2) is 6.04 Å². The van der Waals surface area contributed by atoms with Gasteiger partial charge in [0.2, 0.25) is 0 Å². The van der Waals surface area contributed by atoms with Crippen molar-refractivity contribution >= 4 is 11.3 Å². The molecule has 1 heterocycles. The minimum Gasteiger partial charge on any atom is -0.307 e. The van der Waals surface area contributed by atoms with Crippen LogP contribution in [0, 0.1) is 6.92 Å². The van der Waals surface area contributed by atoms with Gasteiger partial charge in [-0.15, -0.1) is 11.3 Å². The summed E-state index contributed by atoms with van der Waals surface area (Å²) in [6, 6.07) is 16.0. The highest BCUT2D eigenvalue weighted by Crippen LogP contribution is 2.18. The molecule has 1 N–H and O–H groups in total. The van der Waals surface area contributed by atoms with Gasteiger partial charge in [0.25, 0.3) is 0 Å². The Bertz CT molecular complexity index is 475. The van der Waals surface area contributed by atoms with Crippen LogP contribution < -0.4 is 5.32 Å². The molecule has 0 spiro atoms. The van der Waals surface area contributed by atoms with Crippen molar-refractivity contribution in [2.75, 3.05) is 0 Å². The number of thiophene rings is 1. The average Bonchev–Trinajstić information content (AvgIpc) is 2.75. The molecular formula is C16H21NS. The summed E-state index contributed by atoms with van der Waals surface area (Å²) in [5, 5.41) is 3.66. The zero-order chi connectivity index (χ0) is 13.0. The number of nitrogens with one attached hydrogen (secondary N) is 1. The Labute approximate surface area is 114 Å². The third-order valence-corrected chi connectivity index (χ3v) is 4.16. The fraction of sp³-hybridized carbons (Fsp3) is 0.375. The maximum atomic E-state index is 3.66. The fourth-order valence-corrected chi connectivity index (χ4v) is 3.24. The summed E-state index contributed by atoms with van der Waals surface area (Å²) in [6.45, 7) is 6.65. The second-order valence-electron chi connectivity index (χ2n) is 4.92. The summed E-state index contributed by atoms with van der Waals surface area (Å²) in [5.41, 5.74) is 1.35. The van der Waals surface area contributed by atoms with Gasteiger partial charge in [-0.05, 0) is 44.9 Å². The largest absolute Gasteiger partial charge is 0.307 e. The van der Waals surface area contributed by atoms with Crippen molar-refractivity contribution in [2.24, 2.45) is 0 Å². The van der Waals surface area contributed by atoms with Crippen molar-refractivity contribution in [2.45, 2.75) is 39.3 Å². The molecule has 2 heteroatoms. The van der Waals surface area contributed by atoms with Crippen LogP contribution >= 0.6 is 11.3 Å². The van der Waals surface area contributed by atoms with Gasteiger partial charge < -0.3 is 5.32 Å². The molecule has 2 unspecified atom stereocenters. The van der Waals surface area contributed by atoms with Crippen LogP contribution in [0.2, 0.25) is 0 Å². The van der Waals surface area contributed by atoms with Gasteiger partial charge in [0.05, 0.1) is 0 Å². The molecule has 1 aromatic carbocycles. The predicted molar refractivity (Wildman–Crippen MR) is 80.2 cm³/mol. The first-order valence-corrected chi connectivity index (χ1v) is 7.33. The van der Waals surface area contributed by atoms with Crippen LogP contribution in [0.4, 0.5) is 0 Å². The highest BCUT2D eigenvalue weighted by molar-refractivity contribution is 7.11. The summed E-state index contributed by atoms with van der Waals surface area (Å²) in [4.78, 5) is 2.86. The van der Waals surface area contributed by atoms with E-state index in [9.17, 15) is 0 Å². The normalized spacial score (nSPS) is 14.4. The van der Waals surface area contributed by atoms with E-state index in [1.807, 2.05) is 11.3 Å². The molecule has 0 saturated carbocycles. The first-order chi connectivity index (χ1) is 8.65. The first-order valence-electron chi connectivity index (χ1n) is 6.51. The molecule has 0 aliphatic carbocycles. The highest BCUT2D eigenvalue weighted by Gasteiger charge is 2.10. The van der Waals surface area contributed by atoms with Crippen LogP contribution in [0.15, 0.2) is 42.5 Å². The molecule has 0 aliphatic rings. The monoisotopic (exact) mass is 259 g/mol. The molecule has 1 aromatic heterocycles. The van der Waals surface area contributed by atoms with E-state index in [1.54, 1.807) is 0 Å². The standard InChI is InChI=1S/C16H21NS/c1-12(11-16-10-9-13(2)18-16)17-14(3)15-7-5-4-6-8-15/h4-10,12,14,17H,11H2,1-3H3. The third kappa shape index (κ3) is 3.69. The Kier molecular flexibility index (Phi) is 4.56. The van der Waals surface area contributed by atoms with Crippen molar-refractivity contribution in [1.29, 1.82) is 0 Å². The molecule has 0 bridgehead atoms. The molecule has 2 rings (SSSR count). The Morgan fingerprint density at radius 1 is 1.06 bits per heavy atom. The van der Waals surface area contributed by atoms with Crippen molar-refractivity contribution < 1.29 is 0 Å². The number of benzene rings is 1. The van der Waals surface area contributed by atoms with Crippen LogP contribution in [0.1, 0.15) is 35.2 Å². The molecule has 2 atom stereocenters. The summed E-state index contributed by atoms with van der Waals surface area (Å²) >= 11 is 1.90. The van der Waals surface area contributed by atoms with Gasteiger partial charge in [-0.1, -0.05) is 30.3 Å². The molecule has 18 heavy (non-hydrogen) atoms. The van der Waals surface area contributed by atoms with E-state index in [-0.39, 0.29) is 0 Å². The lowest BCUT2D eigenvalue weighted by molar-refractivity contribution is 0.479. The van der Waals surface area contributed by atoms with E-state index in [1.165, 1.54) is 15.3 Å². The second-order valence-corrected chi connectivity index (χ2v) is 6.29. The van der Waals surface area contributed by atoms with Crippen molar-refractivity contribution in [3.05, 3.63) is 57.8 Å². The zero-order valence-corrected chi connectivity index (χ0v) is 12.1. The number of rotatable bonds is 5. The smallest absolute Gasteiger partial charge is 0.0294 e. The minimum absolute atomic E-state index is 0.405. The Hall–Kier alpha value is -1.12. The number of aryl methyl sites for hydroxylation is 1. The van der Waals surface area contributed by atoms with Gasteiger partial charge in [-0.3, -0.25) is 0 Å². The van der Waals surface area contributed by atoms with Gasteiger partial charge >= 0.3 is 0 Å². The lowest BCUT2D eigenvalue weighted by Gasteiger charge is -2.20. The van der Waals surface area contributed by atoms with Gasteiger partial charge in [-0.2, -0.15) is 0 Å². The van der Waals surface area contributed by atoms with Gasteiger partial charge in [0, 0.05) is 21.8 Å². The molecule has 0 saturated heterocycles. The highest BCUT2D eigenvalue weighted by atomic mass is 32.1. The summed E-state index contributed by atoms with van der Waals surface area (Å²) < 4.78 is 0. The lowest BCUT2D eigenvalue weighted by atomic mass is 10.1. The van der Waals surface area contributed by atoms with Crippen LogP contribution in [-0.2, 0) is 6.42 Å². The van der Waals surface area contributed by atoms with Crippen LogP contribution in [0.5, 0.6) is 0 Å². The maximum absolute atomic E-state index is 3.66. The maximum Gasteiger partial charge on any atom is 0.0294 e. The van der Waals surface area contributed by atoms with E-state index in [2.05, 4.69) is 68.6 Å². The average molecular weight is 259 g/mol. The topological polar surface area (TPSA) is 12.0 Å². The molecular weight excluding hydrogens is 238 g/mol. The van der Waals surface area contributed by atoms with Crippen LogP contribution in [0.25, 0.3) is 0 Å². The van der Waals surface area contributed by atoms with Crippen molar-refractivity contribution in [3.63, 3.8) is 0 Å². The van der Waals surface area contributed by atoms with E-state index in [0.717, 1.165) is 6.42 Å². The molecule has 1 nitrogen and oxygen atoms in total. The number of hydrogen-bond acceptors (Lipinski definition) is 2. The minimum atomic E-state index is 0.405. The Morgan fingerprint density at radius 2 is 1.78 bits per heavy atom. The number of hydrogen-bond donors (Lipinski definition) is 1. The summed E-state index contributed by atoms with van der Waals surface area (Å²) in [6.07, 6.45) is 1.11. The second kappa shape index (κ2) is 6.17. The van der Waals surface area contributed by atoms with E-state index in [0.29, 0.717) is 12.1 Å². The lowest BCUT2D eigenvalue weighted by Crippen LogP contribution is -2.30. The van der Waals surface area contributed by atoms with E-state index >= 15 is 0 Å². The summed E-state index contributed by atoms with van der Waals surface area (Å²) in [5.74, 6) is 0. The zero-order valence-electron chi connectivity index (χ0n) is 11.3. The quantitative estimate of drug-likeness (QED) is 0.842. The van der Waals surface area contributed by atoms with Crippen molar-refractivity contribution in [1.82, 2.24) is 5.32 Å². The van der Waals surface area contributed by atoms with Crippen molar-refractivity contribution in [3.8, 4) is 0 Å². The molecule has 0 radical (unpaired) electrons. The van der Waals surface area contributed by atoms with Gasteiger partial charge in [-0.25, -0.2) is 0 Å². The van der Waals surface area contributed by atoms with Crippen LogP contribution in [0.3, 0.4) is 0 Å². The Balaban J connectivity index is 1.89. The summed E-state index contributed by atoms with van der Waals surface area (Å²) in [7, 11) is 0. The molecule has 0 aliphatic heterocycles. The van der Waals surface area contributed by atoms with Gasteiger partial charge in [0.1, 0.15) is 0 Å².